The Bertz CT molecular complexity index is 691. The number of rotatable bonds is 36. The normalized spacial score (nSPS) is 11.3. The quantitative estimate of drug-likeness (QED) is 0.0507. The van der Waals surface area contributed by atoms with Crippen molar-refractivity contribution in [2.45, 2.75) is 52.4 Å². The van der Waals surface area contributed by atoms with E-state index in [0.717, 1.165) is 38.5 Å². The van der Waals surface area contributed by atoms with Gasteiger partial charge in [-0.25, -0.2) is 0 Å². The maximum atomic E-state index is 5.88. The van der Waals surface area contributed by atoms with Crippen LogP contribution in [0, 0.1) is 10.8 Å². The number of hydrogen-bond acceptors (Lipinski definition) is 8. The van der Waals surface area contributed by atoms with Gasteiger partial charge < -0.3 is 37.9 Å². The first-order chi connectivity index (χ1) is 22.5. The summed E-state index contributed by atoms with van der Waals surface area (Å²) in [6.07, 6.45) is 16.7. The SMILES string of the molecule is C=CCCCOCC(COCC)(COCC=C)COCC=C.C=CCCCOCC(COCC)(COCC=C)COCCCC=C. The lowest BCUT2D eigenvalue weighted by Crippen LogP contribution is -2.42. The Kier molecular flexibility index (Phi) is 36.2. The highest BCUT2D eigenvalue weighted by atomic mass is 16.5. The average Bonchev–Trinajstić information content (AvgIpc) is 3.06. The van der Waals surface area contributed by atoms with Crippen molar-refractivity contribution < 1.29 is 37.9 Å². The van der Waals surface area contributed by atoms with Gasteiger partial charge in [0.25, 0.3) is 0 Å². The summed E-state index contributed by atoms with van der Waals surface area (Å²) in [5.41, 5.74) is -0.600. The van der Waals surface area contributed by atoms with E-state index in [9.17, 15) is 0 Å². The van der Waals surface area contributed by atoms with Crippen LogP contribution < -0.4 is 0 Å². The molecule has 0 aromatic heterocycles. The second-order valence-electron chi connectivity index (χ2n) is 11.1. The zero-order valence-electron chi connectivity index (χ0n) is 29.5. The molecular formula is C38H68O8. The molecule has 0 spiro atoms. The van der Waals surface area contributed by atoms with Crippen LogP contribution in [-0.2, 0) is 37.9 Å². The predicted molar refractivity (Wildman–Crippen MR) is 192 cm³/mol. The fourth-order valence-electron chi connectivity index (χ4n) is 4.07. The lowest BCUT2D eigenvalue weighted by atomic mass is 9.92. The number of hydrogen-bond donors (Lipinski definition) is 0. The molecule has 0 aliphatic rings. The minimum absolute atomic E-state index is 0.290. The summed E-state index contributed by atoms with van der Waals surface area (Å²) in [6, 6.07) is 0. The predicted octanol–water partition coefficient (Wildman–Crippen LogP) is 7.57. The maximum absolute atomic E-state index is 5.88. The summed E-state index contributed by atoms with van der Waals surface area (Å²) < 4.78 is 45.9. The third-order valence-corrected chi connectivity index (χ3v) is 6.47. The summed E-state index contributed by atoms with van der Waals surface area (Å²) >= 11 is 0. The molecule has 0 amide bonds. The minimum Gasteiger partial charge on any atom is -0.381 e. The summed E-state index contributed by atoms with van der Waals surface area (Å²) in [4.78, 5) is 0. The van der Waals surface area contributed by atoms with Gasteiger partial charge in [-0.05, 0) is 52.4 Å². The zero-order chi connectivity index (χ0) is 34.5. The van der Waals surface area contributed by atoms with Gasteiger partial charge in [0.15, 0.2) is 0 Å². The van der Waals surface area contributed by atoms with Gasteiger partial charge in [-0.3, -0.25) is 0 Å². The molecule has 8 nitrogen and oxygen atoms in total. The van der Waals surface area contributed by atoms with Crippen LogP contribution in [0.25, 0.3) is 0 Å². The van der Waals surface area contributed by atoms with E-state index in [1.807, 2.05) is 32.1 Å². The van der Waals surface area contributed by atoms with Crippen LogP contribution >= 0.6 is 0 Å². The van der Waals surface area contributed by atoms with Crippen LogP contribution in [-0.4, -0.2) is 106 Å². The average molecular weight is 653 g/mol. The van der Waals surface area contributed by atoms with Crippen molar-refractivity contribution in [1.82, 2.24) is 0 Å². The molecule has 0 aliphatic carbocycles. The monoisotopic (exact) mass is 652 g/mol. The Morgan fingerprint density at radius 1 is 0.370 bits per heavy atom. The van der Waals surface area contributed by atoms with Gasteiger partial charge in [0.2, 0.25) is 0 Å². The summed E-state index contributed by atoms with van der Waals surface area (Å²) in [5.74, 6) is 0. The summed E-state index contributed by atoms with van der Waals surface area (Å²) in [5, 5.41) is 0. The van der Waals surface area contributed by atoms with Gasteiger partial charge in [-0.1, -0.05) is 36.5 Å². The van der Waals surface area contributed by atoms with E-state index in [-0.39, 0.29) is 10.8 Å². The second-order valence-corrected chi connectivity index (χ2v) is 11.1. The third-order valence-electron chi connectivity index (χ3n) is 6.47. The lowest BCUT2D eigenvalue weighted by molar-refractivity contribution is -0.103. The van der Waals surface area contributed by atoms with Crippen molar-refractivity contribution in [3.63, 3.8) is 0 Å². The highest BCUT2D eigenvalue weighted by Gasteiger charge is 2.33. The standard InChI is InChI=1S/C20H36O4.C18H32O4/c1-5-9-11-14-23-18-20(16-21-8-4,17-22-13-7-3)19-24-15-12-10-6-2;1-5-9-10-13-22-17-18(14-19-8-4,15-20-11-6-2)16-21-12-7-3/h5-7H,1-3,8-19H2,4H3;5-7H,1-3,8-17H2,4H3. The van der Waals surface area contributed by atoms with Gasteiger partial charge in [0, 0.05) is 33.0 Å². The molecule has 0 heterocycles. The fourth-order valence-corrected chi connectivity index (χ4v) is 4.07. The largest absolute Gasteiger partial charge is 0.381 e. The molecule has 0 aromatic carbocycles. The summed E-state index contributed by atoms with van der Waals surface area (Å²) in [7, 11) is 0. The van der Waals surface area contributed by atoms with Gasteiger partial charge in [-0.2, -0.15) is 0 Å². The molecule has 268 valence electrons. The molecule has 0 N–H and O–H groups in total. The molecular weight excluding hydrogens is 584 g/mol. The Morgan fingerprint density at radius 3 is 0.870 bits per heavy atom. The van der Waals surface area contributed by atoms with E-state index in [1.165, 1.54) is 0 Å². The van der Waals surface area contributed by atoms with E-state index in [4.69, 9.17) is 37.9 Å². The highest BCUT2D eigenvalue weighted by Crippen LogP contribution is 2.22. The molecule has 0 unspecified atom stereocenters. The van der Waals surface area contributed by atoms with Gasteiger partial charge in [0.1, 0.15) is 0 Å². The van der Waals surface area contributed by atoms with Crippen molar-refractivity contribution >= 4 is 0 Å². The fraction of sp³-hybridized carbons (Fsp3) is 0.684. The Labute approximate surface area is 282 Å². The Morgan fingerprint density at radius 2 is 0.630 bits per heavy atom. The lowest BCUT2D eigenvalue weighted by Gasteiger charge is -2.32. The summed E-state index contributed by atoms with van der Waals surface area (Å²) in [6.45, 7) is 35.4. The Hall–Kier alpha value is -1.88. The molecule has 0 saturated heterocycles. The first-order valence-electron chi connectivity index (χ1n) is 16.8. The molecule has 0 saturated carbocycles. The van der Waals surface area contributed by atoms with Gasteiger partial charge in [-0.15, -0.1) is 39.5 Å². The molecule has 0 atom stereocenters. The number of ether oxygens (including phenoxy) is 8. The third kappa shape index (κ3) is 28.4. The maximum Gasteiger partial charge on any atom is 0.0645 e. The van der Waals surface area contributed by atoms with E-state index in [2.05, 4.69) is 39.5 Å². The minimum atomic E-state index is -0.309. The molecule has 8 heteroatoms. The molecule has 0 aliphatic heterocycles. The zero-order valence-corrected chi connectivity index (χ0v) is 29.5. The first kappa shape index (κ1) is 46.2. The van der Waals surface area contributed by atoms with Crippen molar-refractivity contribution in [2.24, 2.45) is 10.8 Å². The van der Waals surface area contributed by atoms with Crippen LogP contribution in [0.3, 0.4) is 0 Å². The first-order valence-corrected chi connectivity index (χ1v) is 16.8. The topological polar surface area (TPSA) is 73.8 Å². The van der Waals surface area contributed by atoms with Gasteiger partial charge >= 0.3 is 0 Å². The molecule has 0 aromatic rings. The van der Waals surface area contributed by atoms with E-state index in [0.29, 0.717) is 106 Å². The highest BCUT2D eigenvalue weighted by molar-refractivity contribution is 4.82. The van der Waals surface area contributed by atoms with E-state index < -0.39 is 0 Å². The van der Waals surface area contributed by atoms with Crippen LogP contribution in [0.2, 0.25) is 0 Å². The van der Waals surface area contributed by atoms with Crippen molar-refractivity contribution in [3.8, 4) is 0 Å². The molecule has 0 fully saturated rings. The number of allylic oxidation sites excluding steroid dienone is 3. The van der Waals surface area contributed by atoms with E-state index in [1.54, 1.807) is 18.2 Å². The molecule has 0 rings (SSSR count). The second kappa shape index (κ2) is 36.0. The van der Waals surface area contributed by atoms with E-state index >= 15 is 0 Å². The van der Waals surface area contributed by atoms with Gasteiger partial charge in [0.05, 0.1) is 83.5 Å². The van der Waals surface area contributed by atoms with Crippen LogP contribution in [0.5, 0.6) is 0 Å². The van der Waals surface area contributed by atoms with Crippen LogP contribution in [0.4, 0.5) is 0 Å². The van der Waals surface area contributed by atoms with Crippen molar-refractivity contribution in [1.29, 1.82) is 0 Å². The van der Waals surface area contributed by atoms with Crippen LogP contribution in [0.15, 0.2) is 75.9 Å². The smallest absolute Gasteiger partial charge is 0.0645 e. The Balaban J connectivity index is 0. The number of unbranched alkanes of at least 4 members (excludes halogenated alkanes) is 3. The van der Waals surface area contributed by atoms with Crippen molar-refractivity contribution in [3.05, 3.63) is 75.9 Å². The molecule has 46 heavy (non-hydrogen) atoms. The van der Waals surface area contributed by atoms with Crippen molar-refractivity contribution in [2.75, 3.05) is 106 Å². The molecule has 0 radical (unpaired) electrons. The molecule has 0 bridgehead atoms. The van der Waals surface area contributed by atoms with Crippen LogP contribution in [0.1, 0.15) is 52.4 Å².